The molecule has 0 aromatic heterocycles. The van der Waals surface area contributed by atoms with Gasteiger partial charge in [0, 0.05) is 38.3 Å². The smallest absolute Gasteiger partial charge is 0.416 e. The highest BCUT2D eigenvalue weighted by atomic mass is 19.4. The number of nitrogens with one attached hydrogen (secondary N) is 1. The summed E-state index contributed by atoms with van der Waals surface area (Å²) >= 11 is 0. The number of nitrogens with two attached hydrogens (primary N) is 1. The molecule has 2 heterocycles. The number of hydrogen-bond donors (Lipinski definition) is 2. The largest absolute Gasteiger partial charge is 0.497 e. The Hall–Kier alpha value is -4.25. The van der Waals surface area contributed by atoms with Crippen LogP contribution < -0.4 is 20.7 Å². The first-order valence-electron chi connectivity index (χ1n) is 14.3. The number of benzene rings is 3. The second kappa shape index (κ2) is 12.9. The Balaban J connectivity index is 1.44. The maximum Gasteiger partial charge on any atom is 0.416 e. The lowest BCUT2D eigenvalue weighted by Gasteiger charge is -2.37. The molecule has 0 saturated carbocycles. The third-order valence-electron chi connectivity index (χ3n) is 8.02. The predicted molar refractivity (Wildman–Crippen MR) is 157 cm³/mol. The molecule has 1 saturated heterocycles. The molecule has 8 nitrogen and oxygen atoms in total. The minimum Gasteiger partial charge on any atom is -0.497 e. The minimum atomic E-state index is -4.41. The number of urea groups is 1. The molecule has 2 aliphatic heterocycles. The van der Waals surface area contributed by atoms with Gasteiger partial charge in [-0.05, 0) is 71.0 Å². The summed E-state index contributed by atoms with van der Waals surface area (Å²) in [6.45, 7) is 3.30. The SMILES string of the molecule is COc1cccc([C@H](CCC(N)=O)NC(=O)N2CCc3c(-c4ccc(C(F)(F)F)cc4)ccc(N4CCOCC4)c3C2)c1. The van der Waals surface area contributed by atoms with E-state index in [0.717, 1.165) is 40.1 Å². The molecule has 0 bridgehead atoms. The zero-order valence-corrected chi connectivity index (χ0v) is 24.0. The number of alkyl halides is 3. The van der Waals surface area contributed by atoms with Crippen LogP contribution in [0.4, 0.5) is 23.7 Å². The number of methoxy groups -OCH3 is 1. The number of hydrogen-bond acceptors (Lipinski definition) is 5. The van der Waals surface area contributed by atoms with Crippen molar-refractivity contribution >= 4 is 17.6 Å². The third-order valence-corrected chi connectivity index (χ3v) is 8.02. The number of amides is 3. The Labute approximate surface area is 248 Å². The minimum absolute atomic E-state index is 0.0999. The topological polar surface area (TPSA) is 97.1 Å². The fourth-order valence-electron chi connectivity index (χ4n) is 5.75. The van der Waals surface area contributed by atoms with E-state index in [4.69, 9.17) is 15.2 Å². The van der Waals surface area contributed by atoms with Gasteiger partial charge in [0.2, 0.25) is 5.91 Å². The van der Waals surface area contributed by atoms with Crippen LogP contribution >= 0.6 is 0 Å². The number of halogens is 3. The number of fused-ring (bicyclic) bond motifs is 1. The summed E-state index contributed by atoms with van der Waals surface area (Å²) in [6.07, 6.45) is -3.45. The second-order valence-corrected chi connectivity index (χ2v) is 10.7. The summed E-state index contributed by atoms with van der Waals surface area (Å²) in [5, 5.41) is 3.09. The molecule has 5 rings (SSSR count). The molecule has 3 N–H and O–H groups in total. The molecule has 3 amide bonds. The van der Waals surface area contributed by atoms with Crippen LogP contribution in [0.15, 0.2) is 60.7 Å². The van der Waals surface area contributed by atoms with Crippen molar-refractivity contribution in [1.82, 2.24) is 10.2 Å². The van der Waals surface area contributed by atoms with Gasteiger partial charge in [-0.3, -0.25) is 4.79 Å². The monoisotopic (exact) mass is 596 g/mol. The highest BCUT2D eigenvalue weighted by Crippen LogP contribution is 2.38. The summed E-state index contributed by atoms with van der Waals surface area (Å²) in [4.78, 5) is 29.2. The summed E-state index contributed by atoms with van der Waals surface area (Å²) in [5.74, 6) is 0.175. The van der Waals surface area contributed by atoms with Crippen molar-refractivity contribution in [1.29, 1.82) is 0 Å². The van der Waals surface area contributed by atoms with Crippen molar-refractivity contribution in [3.63, 3.8) is 0 Å². The Bertz CT molecular complexity index is 1460. The van der Waals surface area contributed by atoms with E-state index < -0.39 is 23.7 Å². The van der Waals surface area contributed by atoms with Gasteiger partial charge in [-0.2, -0.15) is 13.2 Å². The van der Waals surface area contributed by atoms with Crippen LogP contribution in [0, 0.1) is 0 Å². The lowest BCUT2D eigenvalue weighted by Crippen LogP contribution is -2.45. The average Bonchev–Trinajstić information content (AvgIpc) is 3.02. The number of nitrogens with zero attached hydrogens (tertiary/aromatic N) is 2. The molecule has 0 unspecified atom stereocenters. The van der Waals surface area contributed by atoms with Crippen LogP contribution in [0.3, 0.4) is 0 Å². The number of primary amides is 1. The maximum atomic E-state index is 13.7. The molecule has 0 aliphatic carbocycles. The molecule has 1 fully saturated rings. The van der Waals surface area contributed by atoms with Crippen molar-refractivity contribution in [2.75, 3.05) is 44.9 Å². The van der Waals surface area contributed by atoms with Crippen LogP contribution in [0.25, 0.3) is 11.1 Å². The molecule has 3 aromatic rings. The van der Waals surface area contributed by atoms with Crippen LogP contribution in [0.2, 0.25) is 0 Å². The van der Waals surface area contributed by atoms with Crippen LogP contribution in [-0.2, 0) is 28.7 Å². The summed E-state index contributed by atoms with van der Waals surface area (Å²) in [6, 6.07) is 15.7. The van der Waals surface area contributed by atoms with Gasteiger partial charge in [-0.1, -0.05) is 30.3 Å². The van der Waals surface area contributed by atoms with E-state index in [-0.39, 0.29) is 12.5 Å². The van der Waals surface area contributed by atoms with Crippen molar-refractivity contribution in [3.8, 4) is 16.9 Å². The highest BCUT2D eigenvalue weighted by molar-refractivity contribution is 5.79. The first kappa shape index (κ1) is 30.2. The van der Waals surface area contributed by atoms with E-state index in [1.165, 1.54) is 12.1 Å². The van der Waals surface area contributed by atoms with Gasteiger partial charge in [0.1, 0.15) is 5.75 Å². The zero-order valence-electron chi connectivity index (χ0n) is 24.0. The number of morpholine rings is 1. The standard InChI is InChI=1S/C32H35F3N4O4/c1-42-24-4-2-3-22(19-24)28(10-12-30(36)40)37-31(41)39-14-13-26-25(21-5-7-23(8-6-21)32(33,34)35)9-11-29(27(26)20-39)38-15-17-43-18-16-38/h2-9,11,19,28H,10,12-18,20H2,1H3,(H2,36,40)(H,37,41)/t28-/m0/s1. The number of carbonyl (C=O) groups is 2. The number of rotatable bonds is 8. The number of anilines is 1. The lowest BCUT2D eigenvalue weighted by molar-refractivity contribution is -0.137. The second-order valence-electron chi connectivity index (χ2n) is 10.7. The Morgan fingerprint density at radius 2 is 1.77 bits per heavy atom. The van der Waals surface area contributed by atoms with E-state index in [0.29, 0.717) is 63.5 Å². The van der Waals surface area contributed by atoms with Crippen molar-refractivity contribution in [3.05, 3.63) is 82.9 Å². The number of carbonyl (C=O) groups excluding carboxylic acids is 2. The first-order chi connectivity index (χ1) is 20.6. The molecule has 0 spiro atoms. The van der Waals surface area contributed by atoms with E-state index >= 15 is 0 Å². The van der Waals surface area contributed by atoms with Crippen molar-refractivity contribution in [2.45, 2.75) is 38.0 Å². The quantitative estimate of drug-likeness (QED) is 0.368. The van der Waals surface area contributed by atoms with Gasteiger partial charge >= 0.3 is 12.2 Å². The van der Waals surface area contributed by atoms with Crippen LogP contribution in [0.1, 0.15) is 41.1 Å². The summed E-state index contributed by atoms with van der Waals surface area (Å²) in [7, 11) is 1.56. The summed E-state index contributed by atoms with van der Waals surface area (Å²) < 4.78 is 50.5. The molecule has 43 heavy (non-hydrogen) atoms. The van der Waals surface area contributed by atoms with E-state index in [1.54, 1.807) is 18.1 Å². The Morgan fingerprint density at radius 1 is 1.02 bits per heavy atom. The predicted octanol–water partition coefficient (Wildman–Crippen LogP) is 5.29. The maximum absolute atomic E-state index is 13.7. The molecule has 3 aromatic carbocycles. The summed E-state index contributed by atoms with van der Waals surface area (Å²) in [5.41, 5.74) is 10.1. The molecular weight excluding hydrogens is 561 g/mol. The molecule has 2 aliphatic rings. The van der Waals surface area contributed by atoms with Gasteiger partial charge in [0.15, 0.2) is 0 Å². The van der Waals surface area contributed by atoms with E-state index in [1.807, 2.05) is 30.3 Å². The highest BCUT2D eigenvalue weighted by Gasteiger charge is 2.31. The van der Waals surface area contributed by atoms with Gasteiger partial charge < -0.3 is 30.3 Å². The lowest BCUT2D eigenvalue weighted by atomic mass is 9.88. The van der Waals surface area contributed by atoms with Gasteiger partial charge in [0.25, 0.3) is 0 Å². The normalized spacial score (nSPS) is 15.9. The fourth-order valence-corrected chi connectivity index (χ4v) is 5.75. The van der Waals surface area contributed by atoms with E-state index in [9.17, 15) is 22.8 Å². The van der Waals surface area contributed by atoms with Gasteiger partial charge in [-0.25, -0.2) is 4.79 Å². The average molecular weight is 597 g/mol. The zero-order chi connectivity index (χ0) is 30.6. The molecule has 0 radical (unpaired) electrons. The fraction of sp³-hybridized carbons (Fsp3) is 0.375. The molecular formula is C32H35F3N4O4. The molecule has 11 heteroatoms. The van der Waals surface area contributed by atoms with Gasteiger partial charge in [-0.15, -0.1) is 0 Å². The number of ether oxygens (including phenoxy) is 2. The third kappa shape index (κ3) is 7.05. The van der Waals surface area contributed by atoms with Crippen molar-refractivity contribution < 1.29 is 32.2 Å². The molecule has 228 valence electrons. The van der Waals surface area contributed by atoms with E-state index in [2.05, 4.69) is 10.2 Å². The van der Waals surface area contributed by atoms with Crippen molar-refractivity contribution in [2.24, 2.45) is 5.73 Å². The van der Waals surface area contributed by atoms with Crippen LogP contribution in [-0.4, -0.2) is 56.8 Å². The Kier molecular flexibility index (Phi) is 9.10. The molecule has 1 atom stereocenters. The Morgan fingerprint density at radius 3 is 2.44 bits per heavy atom. The van der Waals surface area contributed by atoms with Crippen LogP contribution in [0.5, 0.6) is 5.75 Å². The van der Waals surface area contributed by atoms with Gasteiger partial charge in [0.05, 0.1) is 31.9 Å². The first-order valence-corrected chi connectivity index (χ1v) is 14.3.